The molecule has 0 radical (unpaired) electrons. The maximum atomic E-state index is 13.3. The second-order valence-corrected chi connectivity index (χ2v) is 8.92. The van der Waals surface area contributed by atoms with E-state index < -0.39 is 0 Å². The number of rotatable bonds is 10. The van der Waals surface area contributed by atoms with E-state index >= 15 is 0 Å². The number of carbonyl (C=O) groups is 2. The van der Waals surface area contributed by atoms with Gasteiger partial charge in [0.05, 0.1) is 17.7 Å². The summed E-state index contributed by atoms with van der Waals surface area (Å²) >= 11 is 0. The fourth-order valence-corrected chi connectivity index (χ4v) is 4.38. The summed E-state index contributed by atoms with van der Waals surface area (Å²) in [5.74, 6) is 0.250. The number of hydrogen-bond donors (Lipinski definition) is 1. The van der Waals surface area contributed by atoms with Gasteiger partial charge in [-0.3, -0.25) is 4.79 Å². The van der Waals surface area contributed by atoms with E-state index in [-0.39, 0.29) is 11.9 Å². The standard InChI is InChI=1S/C30H34N2O4/c1-2-35-30(34)25-13-11-23(12-14-25)17-18-31-29(33)27-21-26(36-22-24-9-5-3-6-10-24)15-16-28(27)32-19-7-4-8-20-32/h3,5-6,9-16,21H,2,4,7-8,17-20,22H2,1H3,(H,31,33). The summed E-state index contributed by atoms with van der Waals surface area (Å²) in [5.41, 5.74) is 4.25. The van der Waals surface area contributed by atoms with Crippen LogP contribution in [-0.4, -0.2) is 38.1 Å². The quantitative estimate of drug-likeness (QED) is 0.389. The normalized spacial score (nSPS) is 13.2. The summed E-state index contributed by atoms with van der Waals surface area (Å²) in [6.45, 7) is 4.99. The number of benzene rings is 3. The van der Waals surface area contributed by atoms with Crippen LogP contribution < -0.4 is 15.0 Å². The Labute approximate surface area is 213 Å². The molecule has 4 rings (SSSR count). The molecule has 0 aromatic heterocycles. The van der Waals surface area contributed by atoms with Crippen molar-refractivity contribution in [2.24, 2.45) is 0 Å². The van der Waals surface area contributed by atoms with E-state index in [9.17, 15) is 9.59 Å². The van der Waals surface area contributed by atoms with Crippen LogP contribution in [0.1, 0.15) is 58.0 Å². The Hall–Kier alpha value is -3.80. The van der Waals surface area contributed by atoms with E-state index in [2.05, 4.69) is 10.2 Å². The van der Waals surface area contributed by atoms with Crippen molar-refractivity contribution in [1.82, 2.24) is 5.32 Å². The summed E-state index contributed by atoms with van der Waals surface area (Å²) in [4.78, 5) is 27.4. The largest absolute Gasteiger partial charge is 0.489 e. The lowest BCUT2D eigenvalue weighted by Crippen LogP contribution is -2.33. The third-order valence-electron chi connectivity index (χ3n) is 6.32. The number of esters is 1. The molecule has 0 saturated carbocycles. The van der Waals surface area contributed by atoms with E-state index in [1.165, 1.54) is 6.42 Å². The van der Waals surface area contributed by atoms with Crippen LogP contribution in [0.25, 0.3) is 0 Å². The van der Waals surface area contributed by atoms with Crippen LogP contribution in [0.4, 0.5) is 5.69 Å². The van der Waals surface area contributed by atoms with Gasteiger partial charge in [-0.1, -0.05) is 42.5 Å². The number of nitrogens with one attached hydrogen (secondary N) is 1. The molecule has 1 aliphatic heterocycles. The summed E-state index contributed by atoms with van der Waals surface area (Å²) in [5, 5.41) is 3.07. The van der Waals surface area contributed by atoms with Crippen LogP contribution in [-0.2, 0) is 17.8 Å². The van der Waals surface area contributed by atoms with E-state index in [4.69, 9.17) is 9.47 Å². The van der Waals surface area contributed by atoms with Crippen molar-refractivity contribution in [2.75, 3.05) is 31.1 Å². The smallest absolute Gasteiger partial charge is 0.338 e. The zero-order chi connectivity index (χ0) is 25.2. The van der Waals surface area contributed by atoms with Gasteiger partial charge in [-0.25, -0.2) is 4.79 Å². The number of nitrogens with zero attached hydrogens (tertiary/aromatic N) is 1. The first-order valence-electron chi connectivity index (χ1n) is 12.7. The lowest BCUT2D eigenvalue weighted by Gasteiger charge is -2.30. The minimum Gasteiger partial charge on any atom is -0.489 e. The second kappa shape index (κ2) is 12.8. The molecule has 0 unspecified atom stereocenters. The molecular formula is C30H34N2O4. The number of anilines is 1. The highest BCUT2D eigenvalue weighted by Gasteiger charge is 2.19. The maximum Gasteiger partial charge on any atom is 0.338 e. The molecule has 3 aromatic carbocycles. The van der Waals surface area contributed by atoms with Gasteiger partial charge in [-0.2, -0.15) is 0 Å². The minimum atomic E-state index is -0.322. The number of carbonyl (C=O) groups excluding carboxylic acids is 2. The first-order chi connectivity index (χ1) is 17.6. The van der Waals surface area contributed by atoms with Crippen molar-refractivity contribution < 1.29 is 19.1 Å². The van der Waals surface area contributed by atoms with Crippen LogP contribution in [0.15, 0.2) is 72.8 Å². The maximum absolute atomic E-state index is 13.3. The molecule has 0 atom stereocenters. The van der Waals surface area contributed by atoms with Gasteiger partial charge in [0.2, 0.25) is 0 Å². The molecule has 6 heteroatoms. The average Bonchev–Trinajstić information content (AvgIpc) is 2.93. The van der Waals surface area contributed by atoms with Gasteiger partial charge in [-0.05, 0) is 74.1 Å². The Bertz CT molecular complexity index is 1140. The first-order valence-corrected chi connectivity index (χ1v) is 12.7. The predicted molar refractivity (Wildman–Crippen MR) is 142 cm³/mol. The number of hydrogen-bond acceptors (Lipinski definition) is 5. The molecule has 0 bridgehead atoms. The van der Waals surface area contributed by atoms with Crippen LogP contribution in [0.3, 0.4) is 0 Å². The third kappa shape index (κ3) is 6.87. The molecular weight excluding hydrogens is 452 g/mol. The van der Waals surface area contributed by atoms with Gasteiger partial charge in [0.1, 0.15) is 12.4 Å². The zero-order valence-corrected chi connectivity index (χ0v) is 20.9. The van der Waals surface area contributed by atoms with Gasteiger partial charge in [0.15, 0.2) is 0 Å². The Kier molecular flexibility index (Phi) is 8.98. The first kappa shape index (κ1) is 25.3. The Morgan fingerprint density at radius 1 is 0.889 bits per heavy atom. The highest BCUT2D eigenvalue weighted by Crippen LogP contribution is 2.28. The fourth-order valence-electron chi connectivity index (χ4n) is 4.38. The molecule has 188 valence electrons. The second-order valence-electron chi connectivity index (χ2n) is 8.92. The predicted octanol–water partition coefficient (Wildman–Crippen LogP) is 5.41. The van der Waals surface area contributed by atoms with Gasteiger partial charge in [0, 0.05) is 25.3 Å². The number of piperidine rings is 1. The Morgan fingerprint density at radius 2 is 1.64 bits per heavy atom. The fraction of sp³-hybridized carbons (Fsp3) is 0.333. The molecule has 1 heterocycles. The Balaban J connectivity index is 1.41. The molecule has 1 fully saturated rings. The van der Waals surface area contributed by atoms with Crippen LogP contribution >= 0.6 is 0 Å². The molecule has 1 saturated heterocycles. The van der Waals surface area contributed by atoms with Crippen LogP contribution in [0, 0.1) is 0 Å². The molecule has 0 aliphatic carbocycles. The topological polar surface area (TPSA) is 67.9 Å². The number of amides is 1. The molecule has 6 nitrogen and oxygen atoms in total. The summed E-state index contributed by atoms with van der Waals surface area (Å²) in [6.07, 6.45) is 4.16. The van der Waals surface area contributed by atoms with Crippen molar-refractivity contribution >= 4 is 17.6 Å². The molecule has 1 aliphatic rings. The lowest BCUT2D eigenvalue weighted by atomic mass is 10.1. The zero-order valence-electron chi connectivity index (χ0n) is 20.9. The molecule has 3 aromatic rings. The van der Waals surface area contributed by atoms with Crippen molar-refractivity contribution in [3.8, 4) is 5.75 Å². The van der Waals surface area contributed by atoms with Gasteiger partial charge >= 0.3 is 5.97 Å². The van der Waals surface area contributed by atoms with Crippen molar-refractivity contribution in [1.29, 1.82) is 0 Å². The minimum absolute atomic E-state index is 0.108. The summed E-state index contributed by atoms with van der Waals surface area (Å²) in [7, 11) is 0. The lowest BCUT2D eigenvalue weighted by molar-refractivity contribution is 0.0526. The van der Waals surface area contributed by atoms with E-state index in [0.717, 1.165) is 42.7 Å². The molecule has 36 heavy (non-hydrogen) atoms. The van der Waals surface area contributed by atoms with Crippen LogP contribution in [0.5, 0.6) is 5.75 Å². The summed E-state index contributed by atoms with van der Waals surface area (Å²) < 4.78 is 11.0. The molecule has 0 spiro atoms. The SMILES string of the molecule is CCOC(=O)c1ccc(CCNC(=O)c2cc(OCc3ccccc3)ccc2N2CCCCC2)cc1. The summed E-state index contributed by atoms with van der Waals surface area (Å²) in [6, 6.07) is 23.1. The van der Waals surface area contributed by atoms with E-state index in [1.807, 2.05) is 60.7 Å². The van der Waals surface area contributed by atoms with Crippen LogP contribution in [0.2, 0.25) is 0 Å². The van der Waals surface area contributed by atoms with E-state index in [1.54, 1.807) is 19.1 Å². The highest BCUT2D eigenvalue weighted by molar-refractivity contribution is 6.00. The van der Waals surface area contributed by atoms with E-state index in [0.29, 0.717) is 43.1 Å². The monoisotopic (exact) mass is 486 g/mol. The van der Waals surface area contributed by atoms with Gasteiger partial charge in [0.25, 0.3) is 5.91 Å². The molecule has 1 amide bonds. The molecule has 1 N–H and O–H groups in total. The van der Waals surface area contributed by atoms with Crippen molar-refractivity contribution in [3.63, 3.8) is 0 Å². The van der Waals surface area contributed by atoms with Crippen molar-refractivity contribution in [2.45, 2.75) is 39.2 Å². The van der Waals surface area contributed by atoms with Crippen molar-refractivity contribution in [3.05, 3.63) is 95.1 Å². The van der Waals surface area contributed by atoms with Gasteiger partial charge < -0.3 is 19.7 Å². The third-order valence-corrected chi connectivity index (χ3v) is 6.32. The highest BCUT2D eigenvalue weighted by atomic mass is 16.5. The number of ether oxygens (including phenoxy) is 2. The Morgan fingerprint density at radius 3 is 2.36 bits per heavy atom. The average molecular weight is 487 g/mol. The van der Waals surface area contributed by atoms with Gasteiger partial charge in [-0.15, -0.1) is 0 Å².